The molecule has 0 saturated heterocycles. The summed E-state index contributed by atoms with van der Waals surface area (Å²) >= 11 is 1.38. The molecule has 2 amide bonds. The van der Waals surface area contributed by atoms with Crippen molar-refractivity contribution in [1.82, 2.24) is 20.3 Å². The summed E-state index contributed by atoms with van der Waals surface area (Å²) in [4.78, 5) is 42.0. The SMILES string of the molecule is COC(=O)c1cccc(N(C(=O)Cn2nnc3ccccc32)C(C(=O)NCCC(C)C)c2cccs2)c1. The molecule has 0 fully saturated rings. The van der Waals surface area contributed by atoms with Crippen LogP contribution in [-0.4, -0.2) is 46.4 Å². The van der Waals surface area contributed by atoms with Crippen molar-refractivity contribution in [3.8, 4) is 0 Å². The maximum Gasteiger partial charge on any atom is 0.337 e. The van der Waals surface area contributed by atoms with Crippen LogP contribution in [0.15, 0.2) is 66.0 Å². The number of carbonyl (C=O) groups excluding carboxylic acids is 3. The lowest BCUT2D eigenvalue weighted by Crippen LogP contribution is -2.45. The number of esters is 1. The molecule has 0 spiro atoms. The Morgan fingerprint density at radius 1 is 1.08 bits per heavy atom. The second-order valence-corrected chi connectivity index (χ2v) is 9.91. The van der Waals surface area contributed by atoms with Crippen LogP contribution in [0.2, 0.25) is 0 Å². The van der Waals surface area contributed by atoms with Gasteiger partial charge in [-0.1, -0.05) is 43.3 Å². The molecule has 1 N–H and O–H groups in total. The van der Waals surface area contributed by atoms with Gasteiger partial charge in [0.25, 0.3) is 0 Å². The van der Waals surface area contributed by atoms with Crippen LogP contribution in [0.3, 0.4) is 0 Å². The van der Waals surface area contributed by atoms with Crippen molar-refractivity contribution in [2.24, 2.45) is 5.92 Å². The molecule has 2 aromatic carbocycles. The van der Waals surface area contributed by atoms with Gasteiger partial charge in [0, 0.05) is 17.1 Å². The maximum absolute atomic E-state index is 14.0. The standard InChI is InChI=1S/C27H29N5O4S/c1-18(2)13-14-28-26(34)25(23-12-7-15-37-23)32(20-9-6-8-19(16-20)27(35)36-3)24(33)17-31-22-11-5-4-10-21(22)29-30-31/h4-12,15-16,18,25H,13-14,17H2,1-3H3,(H,28,34). The number of hydrogen-bond donors (Lipinski definition) is 1. The molecular weight excluding hydrogens is 490 g/mol. The molecule has 0 saturated carbocycles. The molecule has 2 aromatic heterocycles. The lowest BCUT2D eigenvalue weighted by Gasteiger charge is -2.31. The van der Waals surface area contributed by atoms with E-state index >= 15 is 0 Å². The summed E-state index contributed by atoms with van der Waals surface area (Å²) in [7, 11) is 1.30. The zero-order chi connectivity index (χ0) is 26.4. The van der Waals surface area contributed by atoms with Crippen LogP contribution in [-0.2, 0) is 20.9 Å². The maximum atomic E-state index is 14.0. The average molecular weight is 520 g/mol. The highest BCUT2D eigenvalue weighted by Gasteiger charge is 2.34. The zero-order valence-electron chi connectivity index (χ0n) is 21.0. The minimum Gasteiger partial charge on any atom is -0.465 e. The Bertz CT molecular complexity index is 1380. The quantitative estimate of drug-likeness (QED) is 0.315. The Morgan fingerprint density at radius 3 is 2.62 bits per heavy atom. The molecule has 1 unspecified atom stereocenters. The van der Waals surface area contributed by atoms with Gasteiger partial charge in [0.2, 0.25) is 11.8 Å². The Kier molecular flexibility index (Phi) is 8.29. The van der Waals surface area contributed by atoms with Crippen LogP contribution in [0, 0.1) is 5.92 Å². The molecule has 9 nitrogen and oxygen atoms in total. The molecule has 192 valence electrons. The molecule has 0 radical (unpaired) electrons. The highest BCUT2D eigenvalue weighted by Crippen LogP contribution is 2.32. The van der Waals surface area contributed by atoms with E-state index in [0.29, 0.717) is 34.1 Å². The third-order valence-electron chi connectivity index (χ3n) is 5.86. The molecule has 0 bridgehead atoms. The molecule has 10 heteroatoms. The number of carbonyl (C=O) groups is 3. The van der Waals surface area contributed by atoms with Crippen molar-refractivity contribution in [3.05, 3.63) is 76.5 Å². The number of anilines is 1. The first kappa shape index (κ1) is 26.0. The number of fused-ring (bicyclic) bond motifs is 1. The van der Waals surface area contributed by atoms with Crippen molar-refractivity contribution in [2.45, 2.75) is 32.9 Å². The Morgan fingerprint density at radius 2 is 1.89 bits per heavy atom. The second kappa shape index (κ2) is 11.8. The summed E-state index contributed by atoms with van der Waals surface area (Å²) in [5.41, 5.74) is 2.04. The number of rotatable bonds is 10. The van der Waals surface area contributed by atoms with Crippen LogP contribution in [0.1, 0.15) is 41.5 Å². The third kappa shape index (κ3) is 6.03. The van der Waals surface area contributed by atoms with Crippen LogP contribution >= 0.6 is 11.3 Å². The first-order valence-electron chi connectivity index (χ1n) is 12.0. The number of hydrogen-bond acceptors (Lipinski definition) is 7. The Balaban J connectivity index is 1.76. The number of ether oxygens (including phenoxy) is 1. The van der Waals surface area contributed by atoms with E-state index in [2.05, 4.69) is 29.5 Å². The van der Waals surface area contributed by atoms with Gasteiger partial charge < -0.3 is 10.1 Å². The molecule has 0 aliphatic rings. The molecule has 37 heavy (non-hydrogen) atoms. The van der Waals surface area contributed by atoms with Gasteiger partial charge in [0.05, 0.1) is 18.2 Å². The summed E-state index contributed by atoms with van der Waals surface area (Å²) in [5.74, 6) is -0.806. The van der Waals surface area contributed by atoms with Crippen LogP contribution in [0.25, 0.3) is 11.0 Å². The number of nitrogens with one attached hydrogen (secondary N) is 1. The predicted octanol–water partition coefficient (Wildman–Crippen LogP) is 4.22. The highest BCUT2D eigenvalue weighted by atomic mass is 32.1. The number of aromatic nitrogens is 3. The summed E-state index contributed by atoms with van der Waals surface area (Å²) in [6.07, 6.45) is 0.805. The fourth-order valence-corrected chi connectivity index (χ4v) is 4.79. The number of methoxy groups -OCH3 is 1. The lowest BCUT2D eigenvalue weighted by molar-refractivity contribution is -0.126. The topological polar surface area (TPSA) is 106 Å². The first-order valence-corrected chi connectivity index (χ1v) is 12.9. The summed E-state index contributed by atoms with van der Waals surface area (Å²) in [6.45, 7) is 4.50. The minimum atomic E-state index is -0.942. The Labute approximate surface area is 219 Å². The lowest BCUT2D eigenvalue weighted by atomic mass is 10.1. The van der Waals surface area contributed by atoms with Crippen molar-refractivity contribution in [2.75, 3.05) is 18.6 Å². The van der Waals surface area contributed by atoms with Crippen LogP contribution in [0.5, 0.6) is 0 Å². The van der Waals surface area contributed by atoms with E-state index in [0.717, 1.165) is 6.42 Å². The summed E-state index contributed by atoms with van der Waals surface area (Å²) in [5, 5.41) is 13.2. The van der Waals surface area contributed by atoms with Gasteiger partial charge in [-0.3, -0.25) is 14.5 Å². The van der Waals surface area contributed by atoms with Crippen molar-refractivity contribution in [1.29, 1.82) is 0 Å². The largest absolute Gasteiger partial charge is 0.465 e. The van der Waals surface area contributed by atoms with E-state index in [4.69, 9.17) is 4.74 Å². The number of para-hydroxylation sites is 1. The molecule has 4 aromatic rings. The van der Waals surface area contributed by atoms with E-state index in [-0.39, 0.29) is 23.9 Å². The van der Waals surface area contributed by atoms with Crippen molar-refractivity contribution < 1.29 is 19.1 Å². The molecule has 0 aliphatic carbocycles. The number of thiophene rings is 1. The van der Waals surface area contributed by atoms with Gasteiger partial charge in [-0.05, 0) is 54.1 Å². The minimum absolute atomic E-state index is 0.149. The number of nitrogens with zero attached hydrogens (tertiary/aromatic N) is 4. The average Bonchev–Trinajstić information content (AvgIpc) is 3.57. The van der Waals surface area contributed by atoms with Gasteiger partial charge in [-0.25, -0.2) is 9.48 Å². The van der Waals surface area contributed by atoms with Gasteiger partial charge >= 0.3 is 5.97 Å². The molecular formula is C27H29N5O4S. The fraction of sp³-hybridized carbons (Fsp3) is 0.296. The van der Waals surface area contributed by atoms with Gasteiger partial charge in [-0.2, -0.15) is 0 Å². The van der Waals surface area contributed by atoms with E-state index in [1.54, 1.807) is 24.3 Å². The van der Waals surface area contributed by atoms with E-state index in [1.807, 2.05) is 41.8 Å². The monoisotopic (exact) mass is 519 g/mol. The fourth-order valence-electron chi connectivity index (χ4n) is 3.98. The number of benzene rings is 2. The van der Waals surface area contributed by atoms with Crippen molar-refractivity contribution in [3.63, 3.8) is 0 Å². The van der Waals surface area contributed by atoms with Gasteiger partial charge in [0.1, 0.15) is 18.1 Å². The van der Waals surface area contributed by atoms with Gasteiger partial charge in [-0.15, -0.1) is 16.4 Å². The molecule has 0 aliphatic heterocycles. The van der Waals surface area contributed by atoms with Crippen molar-refractivity contribution >= 4 is 45.8 Å². The third-order valence-corrected chi connectivity index (χ3v) is 6.78. The normalized spacial score (nSPS) is 11.9. The molecule has 2 heterocycles. The summed E-state index contributed by atoms with van der Waals surface area (Å²) < 4.78 is 6.39. The summed E-state index contributed by atoms with van der Waals surface area (Å²) in [6, 6.07) is 16.6. The van der Waals surface area contributed by atoms with E-state index in [9.17, 15) is 14.4 Å². The Hall–Kier alpha value is -4.05. The van der Waals surface area contributed by atoms with Gasteiger partial charge in [0.15, 0.2) is 0 Å². The predicted molar refractivity (Wildman–Crippen MR) is 142 cm³/mol. The van der Waals surface area contributed by atoms with Crippen LogP contribution in [0.4, 0.5) is 5.69 Å². The van der Waals surface area contributed by atoms with Crippen LogP contribution < -0.4 is 10.2 Å². The molecule has 1 atom stereocenters. The van der Waals surface area contributed by atoms with E-state index in [1.165, 1.54) is 28.0 Å². The highest BCUT2D eigenvalue weighted by molar-refractivity contribution is 7.10. The van der Waals surface area contributed by atoms with E-state index < -0.39 is 12.0 Å². The molecule has 4 rings (SSSR count). The zero-order valence-corrected chi connectivity index (χ0v) is 21.8. The second-order valence-electron chi connectivity index (χ2n) is 8.93. The first-order chi connectivity index (χ1) is 17.9. The number of amides is 2. The smallest absolute Gasteiger partial charge is 0.337 e.